The lowest BCUT2D eigenvalue weighted by molar-refractivity contribution is -0.255. The number of carboxylic acid groups (broad SMARTS) is 1. The Balaban J connectivity index is 1.97. The van der Waals surface area contributed by atoms with Crippen LogP contribution in [0.2, 0.25) is 0 Å². The Hall–Kier alpha value is -2.86. The quantitative estimate of drug-likeness (QED) is 0.737. The van der Waals surface area contributed by atoms with Gasteiger partial charge in [0.1, 0.15) is 10.0 Å². The molecular formula is C17H11NO4S-2. The van der Waals surface area contributed by atoms with Crippen molar-refractivity contribution in [3.8, 4) is 0 Å². The van der Waals surface area contributed by atoms with E-state index >= 15 is 0 Å². The molecule has 0 saturated heterocycles. The van der Waals surface area contributed by atoms with Crippen LogP contribution in [0, 0.1) is 0 Å². The van der Waals surface area contributed by atoms with Crippen molar-refractivity contribution in [2.75, 3.05) is 0 Å². The van der Waals surface area contributed by atoms with Crippen molar-refractivity contribution < 1.29 is 18.3 Å². The van der Waals surface area contributed by atoms with Crippen LogP contribution in [0.5, 0.6) is 0 Å². The molecule has 0 saturated carbocycles. The van der Waals surface area contributed by atoms with E-state index in [9.17, 15) is 18.3 Å². The number of nitrogens with zero attached hydrogens (tertiary/aromatic N) is 1. The molecule has 0 unspecified atom stereocenters. The van der Waals surface area contributed by atoms with Gasteiger partial charge in [0.05, 0.1) is 10.9 Å². The number of carbonyl (C=O) groups is 1. The van der Waals surface area contributed by atoms with E-state index in [1.807, 2.05) is 24.3 Å². The smallest absolute Gasteiger partial charge is 0.123 e. The van der Waals surface area contributed by atoms with Gasteiger partial charge in [0.2, 0.25) is 0 Å². The summed E-state index contributed by atoms with van der Waals surface area (Å²) in [4.78, 5) is 10.9. The summed E-state index contributed by atoms with van der Waals surface area (Å²) in [6.07, 6.45) is 0. The number of fused-ring (bicyclic) bond motifs is 1. The molecule has 0 aliphatic heterocycles. The van der Waals surface area contributed by atoms with Crippen LogP contribution in [0.15, 0.2) is 71.6 Å². The summed E-state index contributed by atoms with van der Waals surface area (Å²) in [6.45, 7) is 0. The second kappa shape index (κ2) is 5.73. The highest BCUT2D eigenvalue weighted by atomic mass is 32.2. The molecule has 0 fully saturated rings. The number of carboxylic acids is 1. The van der Waals surface area contributed by atoms with E-state index in [0.29, 0.717) is 0 Å². The van der Waals surface area contributed by atoms with Gasteiger partial charge in [0.25, 0.3) is 0 Å². The van der Waals surface area contributed by atoms with E-state index in [1.54, 1.807) is 6.07 Å². The summed E-state index contributed by atoms with van der Waals surface area (Å²) in [5.41, 5.74) is -0.0835. The Morgan fingerprint density at radius 2 is 1.61 bits per heavy atom. The minimum absolute atomic E-state index is 0.0415. The third-order valence-corrected chi connectivity index (χ3v) is 4.63. The van der Waals surface area contributed by atoms with Crippen molar-refractivity contribution in [1.29, 1.82) is 0 Å². The monoisotopic (exact) mass is 325 g/mol. The molecule has 5 nitrogen and oxygen atoms in total. The van der Waals surface area contributed by atoms with Gasteiger partial charge in [-0.3, -0.25) is 0 Å². The van der Waals surface area contributed by atoms with Gasteiger partial charge in [-0.25, -0.2) is 8.42 Å². The molecule has 3 aromatic rings. The molecule has 0 radical (unpaired) electrons. The summed E-state index contributed by atoms with van der Waals surface area (Å²) in [5.74, 6) is -1.38. The maximum absolute atomic E-state index is 12.4. The SMILES string of the molecule is O=C([O-])c1cccc([N-]S(=O)(=O)c2ccc3ccccc3c2)c1. The Morgan fingerprint density at radius 3 is 2.35 bits per heavy atom. The largest absolute Gasteiger partial charge is 0.573 e. The molecule has 0 heterocycles. The highest BCUT2D eigenvalue weighted by Gasteiger charge is 2.06. The Kier molecular flexibility index (Phi) is 3.75. The summed E-state index contributed by atoms with van der Waals surface area (Å²) in [5, 5.41) is 12.5. The van der Waals surface area contributed by atoms with Gasteiger partial charge in [-0.1, -0.05) is 54.6 Å². The molecule has 3 aromatic carbocycles. The Labute approximate surface area is 133 Å². The Bertz CT molecular complexity index is 996. The molecule has 6 heteroatoms. The van der Waals surface area contributed by atoms with E-state index < -0.39 is 16.0 Å². The lowest BCUT2D eigenvalue weighted by Crippen LogP contribution is -2.21. The van der Waals surface area contributed by atoms with Gasteiger partial charge in [-0.05, 0) is 28.5 Å². The van der Waals surface area contributed by atoms with Crippen molar-refractivity contribution in [2.24, 2.45) is 0 Å². The van der Waals surface area contributed by atoms with Crippen LogP contribution in [-0.2, 0) is 10.0 Å². The number of aromatic carboxylic acids is 1. The van der Waals surface area contributed by atoms with E-state index in [2.05, 4.69) is 4.72 Å². The first-order valence-electron chi connectivity index (χ1n) is 6.74. The number of rotatable bonds is 4. The number of sulfonamides is 1. The Morgan fingerprint density at radius 1 is 0.870 bits per heavy atom. The molecular weight excluding hydrogens is 314 g/mol. The van der Waals surface area contributed by atoms with Crippen molar-refractivity contribution in [2.45, 2.75) is 4.90 Å². The van der Waals surface area contributed by atoms with E-state index in [1.165, 1.54) is 30.3 Å². The molecule has 0 aliphatic rings. The molecule has 0 atom stereocenters. The van der Waals surface area contributed by atoms with Gasteiger partial charge < -0.3 is 14.6 Å². The number of hydrogen-bond acceptors (Lipinski definition) is 4. The lowest BCUT2D eigenvalue weighted by Gasteiger charge is -2.23. The standard InChI is InChI=1S/C17H12NO4S/c19-17(20)14-6-3-7-15(10-14)18-23(21,22)16-9-8-12-4-1-2-5-13(12)11-16/h1-11H,(H,19,20)/q-1/p-1. The molecule has 0 bridgehead atoms. The minimum Gasteiger partial charge on any atom is -0.573 e. The van der Waals surface area contributed by atoms with Gasteiger partial charge in [0.15, 0.2) is 0 Å². The minimum atomic E-state index is -3.94. The van der Waals surface area contributed by atoms with Crippen LogP contribution in [0.3, 0.4) is 0 Å². The van der Waals surface area contributed by atoms with Crippen LogP contribution in [0.25, 0.3) is 15.5 Å². The highest BCUT2D eigenvalue weighted by molar-refractivity contribution is 7.94. The predicted octanol–water partition coefficient (Wildman–Crippen LogP) is 2.60. The van der Waals surface area contributed by atoms with Crippen molar-refractivity contribution in [3.05, 3.63) is 77.0 Å². The maximum atomic E-state index is 12.4. The number of carbonyl (C=O) groups excluding carboxylic acids is 1. The zero-order valence-electron chi connectivity index (χ0n) is 11.8. The third-order valence-electron chi connectivity index (χ3n) is 3.33. The first-order valence-corrected chi connectivity index (χ1v) is 8.18. The van der Waals surface area contributed by atoms with Crippen molar-refractivity contribution in [3.63, 3.8) is 0 Å². The van der Waals surface area contributed by atoms with Crippen LogP contribution < -0.4 is 5.11 Å². The first-order chi connectivity index (χ1) is 11.0. The fourth-order valence-electron chi connectivity index (χ4n) is 2.21. The van der Waals surface area contributed by atoms with Crippen LogP contribution >= 0.6 is 0 Å². The third kappa shape index (κ3) is 3.17. The van der Waals surface area contributed by atoms with E-state index in [4.69, 9.17) is 0 Å². The molecule has 23 heavy (non-hydrogen) atoms. The predicted molar refractivity (Wildman–Crippen MR) is 84.9 cm³/mol. The van der Waals surface area contributed by atoms with Crippen molar-refractivity contribution in [1.82, 2.24) is 0 Å². The second-order valence-corrected chi connectivity index (χ2v) is 6.52. The van der Waals surface area contributed by atoms with Crippen LogP contribution in [0.1, 0.15) is 10.4 Å². The molecule has 3 rings (SSSR count). The van der Waals surface area contributed by atoms with Crippen LogP contribution in [0.4, 0.5) is 5.69 Å². The molecule has 0 aliphatic carbocycles. The lowest BCUT2D eigenvalue weighted by atomic mass is 10.1. The molecule has 0 N–H and O–H groups in total. The van der Waals surface area contributed by atoms with Gasteiger partial charge in [-0.15, -0.1) is 5.69 Å². The average Bonchev–Trinajstić information content (AvgIpc) is 2.54. The van der Waals surface area contributed by atoms with E-state index in [-0.39, 0.29) is 16.1 Å². The van der Waals surface area contributed by atoms with E-state index in [0.717, 1.165) is 16.8 Å². The van der Waals surface area contributed by atoms with Gasteiger partial charge in [-0.2, -0.15) is 0 Å². The topological polar surface area (TPSA) is 88.4 Å². The molecule has 0 amide bonds. The highest BCUT2D eigenvalue weighted by Crippen LogP contribution is 2.29. The summed E-state index contributed by atoms with van der Waals surface area (Å²) >= 11 is 0. The summed E-state index contributed by atoms with van der Waals surface area (Å²) in [7, 11) is -3.94. The zero-order chi connectivity index (χ0) is 16.4. The number of hydrogen-bond donors (Lipinski definition) is 0. The molecule has 0 spiro atoms. The first kappa shape index (κ1) is 15.1. The normalized spacial score (nSPS) is 11.3. The zero-order valence-corrected chi connectivity index (χ0v) is 12.7. The van der Waals surface area contributed by atoms with Crippen LogP contribution in [-0.4, -0.2) is 14.4 Å². The van der Waals surface area contributed by atoms with Gasteiger partial charge >= 0.3 is 0 Å². The summed E-state index contributed by atoms with van der Waals surface area (Å²) < 4.78 is 28.5. The number of benzene rings is 3. The second-order valence-electron chi connectivity index (χ2n) is 4.91. The fraction of sp³-hybridized carbons (Fsp3) is 0. The maximum Gasteiger partial charge on any atom is 0.123 e. The van der Waals surface area contributed by atoms with Gasteiger partial charge in [0, 0.05) is 0 Å². The fourth-order valence-corrected chi connectivity index (χ4v) is 3.22. The average molecular weight is 325 g/mol. The summed E-state index contributed by atoms with van der Waals surface area (Å²) in [6, 6.07) is 17.4. The molecule has 116 valence electrons. The molecule has 0 aromatic heterocycles. The van der Waals surface area contributed by atoms with Crippen molar-refractivity contribution >= 4 is 32.5 Å².